The van der Waals surface area contributed by atoms with Crippen LogP contribution in [-0.4, -0.2) is 6.54 Å². The largest absolute Gasteiger partial charge is 0.330 e. The van der Waals surface area contributed by atoms with Gasteiger partial charge in [-0.1, -0.05) is 31.5 Å². The Balaban J connectivity index is 2.03. The highest BCUT2D eigenvalue weighted by atomic mass is 32.1. The van der Waals surface area contributed by atoms with Crippen LogP contribution in [0.4, 0.5) is 0 Å². The van der Waals surface area contributed by atoms with Crippen molar-refractivity contribution in [1.82, 2.24) is 0 Å². The maximum absolute atomic E-state index is 6.00. The fraction of sp³-hybridized carbons (Fsp3) is 0.500. The minimum absolute atomic E-state index is 0.668. The Morgan fingerprint density at radius 2 is 2.17 bits per heavy atom. The molecule has 3 unspecified atom stereocenters. The topological polar surface area (TPSA) is 26.0 Å². The smallest absolute Gasteiger partial charge is 0.0377 e. The molecule has 0 saturated heterocycles. The monoisotopic (exact) mass is 259 g/mol. The first kappa shape index (κ1) is 12.2. The molecule has 0 radical (unpaired) electrons. The Morgan fingerprint density at radius 1 is 1.28 bits per heavy atom. The van der Waals surface area contributed by atoms with Crippen LogP contribution >= 0.6 is 11.3 Å². The van der Waals surface area contributed by atoms with E-state index in [1.807, 2.05) is 11.3 Å². The highest BCUT2D eigenvalue weighted by Crippen LogP contribution is 2.43. The second kappa shape index (κ2) is 5.02. The van der Waals surface area contributed by atoms with Gasteiger partial charge in [-0.25, -0.2) is 0 Å². The highest BCUT2D eigenvalue weighted by molar-refractivity contribution is 7.17. The molecule has 1 saturated carbocycles. The van der Waals surface area contributed by atoms with Gasteiger partial charge in [0, 0.05) is 4.70 Å². The summed E-state index contributed by atoms with van der Waals surface area (Å²) in [7, 11) is 0. The van der Waals surface area contributed by atoms with Crippen molar-refractivity contribution in [1.29, 1.82) is 0 Å². The predicted octanol–water partition coefficient (Wildman–Crippen LogP) is 4.38. The van der Waals surface area contributed by atoms with E-state index in [1.165, 1.54) is 29.3 Å². The van der Waals surface area contributed by atoms with Gasteiger partial charge in [0.05, 0.1) is 0 Å². The average Bonchev–Trinajstić information content (AvgIpc) is 2.86. The molecule has 2 aromatic rings. The van der Waals surface area contributed by atoms with Crippen molar-refractivity contribution in [2.75, 3.05) is 6.54 Å². The van der Waals surface area contributed by atoms with Crippen molar-refractivity contribution in [2.45, 2.75) is 32.1 Å². The SMILES string of the molecule is CC1CCC(CN)C(c2cccc3ccsc23)C1. The van der Waals surface area contributed by atoms with Gasteiger partial charge in [-0.15, -0.1) is 11.3 Å². The molecule has 0 bridgehead atoms. The lowest BCUT2D eigenvalue weighted by Crippen LogP contribution is -2.28. The maximum Gasteiger partial charge on any atom is 0.0377 e. The molecule has 1 fully saturated rings. The number of hydrogen-bond donors (Lipinski definition) is 1. The van der Waals surface area contributed by atoms with Crippen molar-refractivity contribution >= 4 is 21.4 Å². The molecule has 1 nitrogen and oxygen atoms in total. The molecule has 1 aromatic carbocycles. The van der Waals surface area contributed by atoms with Gasteiger partial charge in [0.15, 0.2) is 0 Å². The van der Waals surface area contributed by atoms with Gasteiger partial charge in [-0.05, 0) is 59.5 Å². The molecule has 1 aliphatic carbocycles. The molecule has 1 aliphatic rings. The number of nitrogens with two attached hydrogens (primary N) is 1. The van der Waals surface area contributed by atoms with Gasteiger partial charge in [0.1, 0.15) is 0 Å². The van der Waals surface area contributed by atoms with Crippen LogP contribution < -0.4 is 5.73 Å². The standard InChI is InChI=1S/C16H21NS/c1-11-5-6-13(10-17)15(9-11)14-4-2-3-12-7-8-18-16(12)14/h2-4,7-8,11,13,15H,5-6,9-10,17H2,1H3. The number of rotatable bonds is 2. The molecule has 3 rings (SSSR count). The summed E-state index contributed by atoms with van der Waals surface area (Å²) in [6.45, 7) is 3.22. The molecule has 3 atom stereocenters. The van der Waals surface area contributed by atoms with Crippen molar-refractivity contribution in [3.63, 3.8) is 0 Å². The molecule has 0 spiro atoms. The summed E-state index contributed by atoms with van der Waals surface area (Å²) in [4.78, 5) is 0. The normalized spacial score (nSPS) is 28.7. The lowest BCUT2D eigenvalue weighted by Gasteiger charge is -2.34. The first-order valence-electron chi connectivity index (χ1n) is 6.95. The second-order valence-corrected chi connectivity index (χ2v) is 6.62. The zero-order valence-electron chi connectivity index (χ0n) is 10.9. The average molecular weight is 259 g/mol. The van der Waals surface area contributed by atoms with E-state index in [9.17, 15) is 0 Å². The van der Waals surface area contributed by atoms with Gasteiger partial charge < -0.3 is 5.73 Å². The fourth-order valence-corrected chi connectivity index (χ4v) is 4.39. The molecule has 2 heteroatoms. The van der Waals surface area contributed by atoms with Crippen molar-refractivity contribution in [3.05, 3.63) is 35.2 Å². The Kier molecular flexibility index (Phi) is 3.40. The summed E-state index contributed by atoms with van der Waals surface area (Å²) in [5, 5.41) is 3.60. The molecule has 0 aliphatic heterocycles. The van der Waals surface area contributed by atoms with Crippen LogP contribution in [0.15, 0.2) is 29.6 Å². The Hall–Kier alpha value is -0.860. The molecular weight excluding hydrogens is 238 g/mol. The number of benzene rings is 1. The summed E-state index contributed by atoms with van der Waals surface area (Å²) in [5.41, 5.74) is 7.55. The Bertz CT molecular complexity index is 531. The van der Waals surface area contributed by atoms with Crippen molar-refractivity contribution in [3.8, 4) is 0 Å². The van der Waals surface area contributed by atoms with E-state index in [4.69, 9.17) is 5.73 Å². The predicted molar refractivity (Wildman–Crippen MR) is 80.1 cm³/mol. The van der Waals surface area contributed by atoms with Gasteiger partial charge in [0.2, 0.25) is 0 Å². The second-order valence-electron chi connectivity index (χ2n) is 5.71. The van der Waals surface area contributed by atoms with Crippen molar-refractivity contribution in [2.24, 2.45) is 17.6 Å². The van der Waals surface area contributed by atoms with Crippen LogP contribution in [0.5, 0.6) is 0 Å². The van der Waals surface area contributed by atoms with E-state index in [0.29, 0.717) is 11.8 Å². The van der Waals surface area contributed by atoms with E-state index in [-0.39, 0.29) is 0 Å². The van der Waals surface area contributed by atoms with Crippen LogP contribution in [0.2, 0.25) is 0 Å². The number of thiophene rings is 1. The highest BCUT2D eigenvalue weighted by Gasteiger charge is 2.29. The van der Waals surface area contributed by atoms with E-state index < -0.39 is 0 Å². The van der Waals surface area contributed by atoms with E-state index in [2.05, 4.69) is 36.6 Å². The summed E-state index contributed by atoms with van der Waals surface area (Å²) in [6.07, 6.45) is 3.95. The maximum atomic E-state index is 6.00. The third-order valence-corrected chi connectivity index (χ3v) is 5.45. The lowest BCUT2D eigenvalue weighted by molar-refractivity contribution is 0.255. The quantitative estimate of drug-likeness (QED) is 0.851. The van der Waals surface area contributed by atoms with Gasteiger partial charge >= 0.3 is 0 Å². The third kappa shape index (κ3) is 2.08. The lowest BCUT2D eigenvalue weighted by atomic mass is 9.71. The van der Waals surface area contributed by atoms with Crippen LogP contribution in [0, 0.1) is 11.8 Å². The first-order valence-corrected chi connectivity index (χ1v) is 7.83. The van der Waals surface area contributed by atoms with Gasteiger partial charge in [-0.2, -0.15) is 0 Å². The molecule has 96 valence electrons. The Labute approximate surface area is 113 Å². The van der Waals surface area contributed by atoms with E-state index in [1.54, 1.807) is 5.56 Å². The fourth-order valence-electron chi connectivity index (χ4n) is 3.41. The third-order valence-electron chi connectivity index (χ3n) is 4.47. The number of fused-ring (bicyclic) bond motifs is 1. The Morgan fingerprint density at radius 3 is 3.00 bits per heavy atom. The summed E-state index contributed by atoms with van der Waals surface area (Å²) in [5.74, 6) is 2.18. The van der Waals surface area contributed by atoms with Crippen LogP contribution in [0.1, 0.15) is 37.7 Å². The molecule has 2 N–H and O–H groups in total. The minimum Gasteiger partial charge on any atom is -0.330 e. The summed E-state index contributed by atoms with van der Waals surface area (Å²) < 4.78 is 1.48. The summed E-state index contributed by atoms with van der Waals surface area (Å²) in [6, 6.07) is 8.98. The van der Waals surface area contributed by atoms with Crippen LogP contribution in [0.25, 0.3) is 10.1 Å². The zero-order chi connectivity index (χ0) is 12.5. The molecule has 0 amide bonds. The zero-order valence-corrected chi connectivity index (χ0v) is 11.7. The minimum atomic E-state index is 0.668. The van der Waals surface area contributed by atoms with Crippen LogP contribution in [0.3, 0.4) is 0 Å². The molecule has 1 aromatic heterocycles. The van der Waals surface area contributed by atoms with E-state index >= 15 is 0 Å². The number of hydrogen-bond acceptors (Lipinski definition) is 2. The van der Waals surface area contributed by atoms with Gasteiger partial charge in [0.25, 0.3) is 0 Å². The summed E-state index contributed by atoms with van der Waals surface area (Å²) >= 11 is 1.88. The molecule has 1 heterocycles. The first-order chi connectivity index (χ1) is 8.79. The molecular formula is C16H21NS. The van der Waals surface area contributed by atoms with Gasteiger partial charge in [-0.3, -0.25) is 0 Å². The van der Waals surface area contributed by atoms with E-state index in [0.717, 1.165) is 12.5 Å². The molecule has 18 heavy (non-hydrogen) atoms. The van der Waals surface area contributed by atoms with Crippen LogP contribution in [-0.2, 0) is 0 Å². The van der Waals surface area contributed by atoms with Crippen molar-refractivity contribution < 1.29 is 0 Å².